The number of urea groups is 1. The van der Waals surface area contributed by atoms with E-state index in [1.807, 2.05) is 36.4 Å². The Labute approximate surface area is 127 Å². The number of amides is 2. The van der Waals surface area contributed by atoms with Gasteiger partial charge in [-0.2, -0.15) is 0 Å². The van der Waals surface area contributed by atoms with Crippen LogP contribution >= 0.6 is 0 Å². The Morgan fingerprint density at radius 3 is 2.36 bits per heavy atom. The van der Waals surface area contributed by atoms with Crippen molar-refractivity contribution in [2.75, 3.05) is 7.05 Å². The van der Waals surface area contributed by atoms with Crippen molar-refractivity contribution in [2.24, 2.45) is 5.73 Å². The molecule has 2 aliphatic rings. The molecular weight excluding hydrogens is 280 g/mol. The second-order valence-corrected chi connectivity index (χ2v) is 4.65. The summed E-state index contributed by atoms with van der Waals surface area (Å²) in [6, 6.07) is 16.8. The molecule has 1 aromatic rings. The molecule has 0 saturated carbocycles. The van der Waals surface area contributed by atoms with Crippen LogP contribution in [0.5, 0.6) is 0 Å². The molecule has 22 heavy (non-hydrogen) atoms. The zero-order chi connectivity index (χ0) is 16.1. The Bertz CT molecular complexity index is 799. The number of aromatic carboxylic acids is 1. The molecule has 0 radical (unpaired) electrons. The van der Waals surface area contributed by atoms with Gasteiger partial charge >= 0.3 is 12.0 Å². The lowest BCUT2D eigenvalue weighted by atomic mass is 10.1. The third kappa shape index (κ3) is 3.32. The lowest BCUT2D eigenvalue weighted by molar-refractivity contribution is 0.0697. The van der Waals surface area contributed by atoms with Crippen molar-refractivity contribution in [3.05, 3.63) is 60.2 Å². The highest BCUT2D eigenvalue weighted by molar-refractivity contribution is 6.05. The minimum Gasteiger partial charge on any atom is -0.478 e. The number of nitrogens with one attached hydrogen (secondary N) is 1. The van der Waals surface area contributed by atoms with Gasteiger partial charge in [0.05, 0.1) is 5.56 Å². The molecule has 2 amide bonds. The molecule has 4 N–H and O–H groups in total. The van der Waals surface area contributed by atoms with Crippen LogP contribution in [0.2, 0.25) is 0 Å². The number of carboxylic acid groups (broad SMARTS) is 1. The lowest BCUT2D eigenvalue weighted by Gasteiger charge is -1.96. The average molecular weight is 296 g/mol. The summed E-state index contributed by atoms with van der Waals surface area (Å²) >= 11 is 0. The van der Waals surface area contributed by atoms with Crippen molar-refractivity contribution in [2.45, 2.75) is 0 Å². The van der Waals surface area contributed by atoms with E-state index in [4.69, 9.17) is 5.11 Å². The minimum absolute atomic E-state index is 0.330. The first-order valence-corrected chi connectivity index (χ1v) is 6.65. The van der Waals surface area contributed by atoms with Crippen molar-refractivity contribution >= 4 is 22.8 Å². The smallest absolute Gasteiger partial charge is 0.335 e. The Morgan fingerprint density at radius 1 is 1.05 bits per heavy atom. The number of primary amides is 1. The Morgan fingerprint density at radius 2 is 1.73 bits per heavy atom. The van der Waals surface area contributed by atoms with Gasteiger partial charge in [0, 0.05) is 7.05 Å². The van der Waals surface area contributed by atoms with Crippen molar-refractivity contribution in [1.29, 1.82) is 0 Å². The van der Waals surface area contributed by atoms with Crippen LogP contribution in [0.3, 0.4) is 0 Å². The van der Waals surface area contributed by atoms with Crippen LogP contribution in [0, 0.1) is 0 Å². The van der Waals surface area contributed by atoms with E-state index in [0.29, 0.717) is 5.56 Å². The van der Waals surface area contributed by atoms with E-state index in [1.165, 1.54) is 7.05 Å². The molecule has 2 aliphatic carbocycles. The molecule has 0 bridgehead atoms. The van der Waals surface area contributed by atoms with Gasteiger partial charge in [0.1, 0.15) is 0 Å². The Balaban J connectivity index is 0.000000309. The fourth-order valence-corrected chi connectivity index (χ4v) is 2.15. The third-order valence-electron chi connectivity index (χ3n) is 3.22. The molecule has 0 saturated heterocycles. The maximum Gasteiger partial charge on any atom is 0.335 e. The minimum atomic E-state index is -0.887. The van der Waals surface area contributed by atoms with E-state index in [1.54, 1.807) is 12.1 Å². The fourth-order valence-electron chi connectivity index (χ4n) is 2.15. The molecule has 0 unspecified atom stereocenters. The average Bonchev–Trinajstić information content (AvgIpc) is 2.68. The van der Waals surface area contributed by atoms with Crippen LogP contribution in [0.15, 0.2) is 54.6 Å². The number of hydrogen-bond donors (Lipinski definition) is 3. The van der Waals surface area contributed by atoms with E-state index in [-0.39, 0.29) is 0 Å². The normalized spacial score (nSPS) is 9.86. The SMILES string of the molecule is CNC(N)=O.O=C(O)c1ccc2cc3cccccc-3c2c1. The molecule has 0 aliphatic heterocycles. The van der Waals surface area contributed by atoms with Gasteiger partial charge in [0.15, 0.2) is 0 Å². The standard InChI is InChI=1S/C15H10O2.C2H6N2O/c16-15(17)12-7-6-11-8-10-4-2-1-3-5-13(10)14(11)9-12;1-4-2(3)5/h1-9H,(H,16,17);1H3,(H3,3,4,5). The highest BCUT2D eigenvalue weighted by Crippen LogP contribution is 2.33. The predicted octanol–water partition coefficient (Wildman–Crippen LogP) is 2.93. The van der Waals surface area contributed by atoms with Gasteiger partial charge in [-0.05, 0) is 40.1 Å². The van der Waals surface area contributed by atoms with E-state index in [2.05, 4.69) is 17.1 Å². The first-order chi connectivity index (χ1) is 10.5. The molecule has 5 nitrogen and oxygen atoms in total. The monoisotopic (exact) mass is 296 g/mol. The quantitative estimate of drug-likeness (QED) is 0.644. The maximum absolute atomic E-state index is 11.0. The highest BCUT2D eigenvalue weighted by Gasteiger charge is 2.10. The van der Waals surface area contributed by atoms with Gasteiger partial charge < -0.3 is 16.2 Å². The predicted molar refractivity (Wildman–Crippen MR) is 86.2 cm³/mol. The first-order valence-electron chi connectivity index (χ1n) is 6.65. The molecule has 3 rings (SSSR count). The van der Waals surface area contributed by atoms with Crippen LogP contribution in [0.1, 0.15) is 10.4 Å². The van der Waals surface area contributed by atoms with E-state index >= 15 is 0 Å². The van der Waals surface area contributed by atoms with Crippen LogP contribution in [-0.2, 0) is 0 Å². The molecule has 112 valence electrons. The third-order valence-corrected chi connectivity index (χ3v) is 3.22. The zero-order valence-electron chi connectivity index (χ0n) is 12.0. The molecule has 5 heteroatoms. The topological polar surface area (TPSA) is 92.4 Å². The maximum atomic E-state index is 11.0. The summed E-state index contributed by atoms with van der Waals surface area (Å²) in [5, 5.41) is 13.2. The summed E-state index contributed by atoms with van der Waals surface area (Å²) < 4.78 is 0. The van der Waals surface area contributed by atoms with Crippen LogP contribution < -0.4 is 11.1 Å². The van der Waals surface area contributed by atoms with Gasteiger partial charge in [-0.15, -0.1) is 0 Å². The number of carboxylic acids is 1. The van der Waals surface area contributed by atoms with Gasteiger partial charge in [0.25, 0.3) is 0 Å². The number of carbonyl (C=O) groups excluding carboxylic acids is 1. The van der Waals surface area contributed by atoms with E-state index in [9.17, 15) is 9.59 Å². The molecule has 0 fully saturated rings. The number of fused-ring (bicyclic) bond motifs is 3. The molecule has 0 spiro atoms. The summed E-state index contributed by atoms with van der Waals surface area (Å²) in [6.45, 7) is 0. The molecular formula is C17H16N2O3. The summed E-state index contributed by atoms with van der Waals surface area (Å²) in [5.74, 6) is -0.887. The summed E-state index contributed by atoms with van der Waals surface area (Å²) in [4.78, 5) is 20.4. The number of carbonyl (C=O) groups is 2. The summed E-state index contributed by atoms with van der Waals surface area (Å²) in [7, 11) is 1.47. The first kappa shape index (κ1) is 15.3. The van der Waals surface area contributed by atoms with Crippen LogP contribution in [0.4, 0.5) is 4.79 Å². The number of rotatable bonds is 1. The highest BCUT2D eigenvalue weighted by atomic mass is 16.4. The van der Waals surface area contributed by atoms with Gasteiger partial charge in [-0.25, -0.2) is 9.59 Å². The van der Waals surface area contributed by atoms with Crippen molar-refractivity contribution in [3.63, 3.8) is 0 Å². The van der Waals surface area contributed by atoms with Crippen LogP contribution in [-0.4, -0.2) is 24.2 Å². The lowest BCUT2D eigenvalue weighted by Crippen LogP contribution is -2.24. The molecule has 1 aromatic carbocycles. The number of hydrogen-bond acceptors (Lipinski definition) is 2. The van der Waals surface area contributed by atoms with Crippen molar-refractivity contribution in [1.82, 2.24) is 5.32 Å². The van der Waals surface area contributed by atoms with E-state index in [0.717, 1.165) is 21.9 Å². The largest absolute Gasteiger partial charge is 0.478 e. The Hall–Kier alpha value is -3.08. The van der Waals surface area contributed by atoms with Crippen LogP contribution in [0.25, 0.3) is 21.9 Å². The zero-order valence-corrected chi connectivity index (χ0v) is 12.0. The van der Waals surface area contributed by atoms with Gasteiger partial charge in [-0.1, -0.05) is 36.4 Å². The Kier molecular flexibility index (Phi) is 4.58. The molecule has 0 aromatic heterocycles. The van der Waals surface area contributed by atoms with Gasteiger partial charge in [-0.3, -0.25) is 0 Å². The summed E-state index contributed by atoms with van der Waals surface area (Å²) in [5.41, 5.74) is 7.09. The second kappa shape index (κ2) is 6.58. The number of nitrogens with two attached hydrogens (primary N) is 1. The van der Waals surface area contributed by atoms with Crippen molar-refractivity contribution < 1.29 is 14.7 Å². The molecule has 0 atom stereocenters. The fraction of sp³-hybridized carbons (Fsp3) is 0.0588. The number of benzene rings is 1. The second-order valence-electron chi connectivity index (χ2n) is 4.65. The molecule has 0 heterocycles. The van der Waals surface area contributed by atoms with Crippen molar-refractivity contribution in [3.8, 4) is 11.1 Å². The summed E-state index contributed by atoms with van der Waals surface area (Å²) in [6.07, 6.45) is 0. The van der Waals surface area contributed by atoms with E-state index < -0.39 is 12.0 Å². The van der Waals surface area contributed by atoms with Gasteiger partial charge in [0.2, 0.25) is 0 Å².